The van der Waals surface area contributed by atoms with Crippen LogP contribution in [-0.4, -0.2) is 130 Å². The van der Waals surface area contributed by atoms with Crippen LogP contribution in [0.2, 0.25) is 0 Å². The molecule has 0 atom stereocenters. The minimum absolute atomic E-state index is 0.0188. The highest BCUT2D eigenvalue weighted by molar-refractivity contribution is 6.08. The van der Waals surface area contributed by atoms with E-state index in [1.807, 2.05) is 19.0 Å². The van der Waals surface area contributed by atoms with Crippen LogP contribution in [0.5, 0.6) is 0 Å². The fraction of sp³-hybridized carbons (Fsp3) is 0.348. The molecular weight excluding hydrogens is 919 g/mol. The zero-order valence-corrected chi connectivity index (χ0v) is 40.8. The maximum Gasteiger partial charge on any atom is 0.291 e. The molecule has 71 heavy (non-hydrogen) atoms. The number of carbonyl (C=O) groups is 8. The number of aromatic nitrogens is 8. The number of rotatable bonds is 22. The molecule has 6 heterocycles. The summed E-state index contributed by atoms with van der Waals surface area (Å²) in [5.41, 5.74) is 2.44. The fourth-order valence-corrected chi connectivity index (χ4v) is 7.36. The Bertz CT molecular complexity index is 2960. The molecule has 0 unspecified atom stereocenters. The minimum atomic E-state index is -0.603. The van der Waals surface area contributed by atoms with Crippen molar-refractivity contribution in [3.63, 3.8) is 0 Å². The molecule has 0 fully saturated rings. The summed E-state index contributed by atoms with van der Waals surface area (Å²) >= 11 is 0. The Morgan fingerprint density at radius 1 is 0.465 bits per heavy atom. The zero-order valence-electron chi connectivity index (χ0n) is 40.8. The van der Waals surface area contributed by atoms with Crippen molar-refractivity contribution in [2.75, 3.05) is 66.9 Å². The molecule has 376 valence electrons. The summed E-state index contributed by atoms with van der Waals surface area (Å²) < 4.78 is 9.20. The Morgan fingerprint density at radius 2 is 0.915 bits per heavy atom. The van der Waals surface area contributed by atoms with Crippen LogP contribution in [0.25, 0.3) is 0 Å². The van der Waals surface area contributed by atoms with E-state index in [4.69, 9.17) is 0 Å². The molecular formula is C46H59N17O8. The summed E-state index contributed by atoms with van der Waals surface area (Å²) in [6, 6.07) is 6.04. The fourth-order valence-electron chi connectivity index (χ4n) is 7.36. The Labute approximate surface area is 408 Å². The molecule has 25 nitrogen and oxygen atoms in total. The maximum atomic E-state index is 13.3. The van der Waals surface area contributed by atoms with E-state index in [0.717, 1.165) is 13.0 Å². The summed E-state index contributed by atoms with van der Waals surface area (Å²) in [7, 11) is 13.8. The van der Waals surface area contributed by atoms with Crippen LogP contribution in [0.3, 0.4) is 0 Å². The van der Waals surface area contributed by atoms with Gasteiger partial charge in [0.2, 0.25) is 17.6 Å². The lowest BCUT2D eigenvalue weighted by molar-refractivity contribution is -0.121. The third-order valence-corrected chi connectivity index (χ3v) is 11.0. The molecule has 0 saturated heterocycles. The number of aryl methyl sites for hydroxylation is 6. The lowest BCUT2D eigenvalue weighted by atomic mass is 10.3. The second kappa shape index (κ2) is 23.0. The summed E-state index contributed by atoms with van der Waals surface area (Å²) in [5, 5.41) is 22.0. The second-order valence-corrected chi connectivity index (χ2v) is 17.1. The normalized spacial score (nSPS) is 11.0. The number of carbonyl (C=O) groups excluding carboxylic acids is 8. The van der Waals surface area contributed by atoms with Crippen molar-refractivity contribution in [3.8, 4) is 0 Å². The van der Waals surface area contributed by atoms with Gasteiger partial charge in [0.25, 0.3) is 35.4 Å². The standard InChI is InChI=1S/C46H59N17O8/c1-57(2)17-10-14-47-37(64)12-15-50-42(67)33-20-29(24-60(33)5)52-44(69)35-22-31(26-62(35)7)54-46(71)40-56-36(27-63(40)8)55-38(65)11-9-13-49-41(66)32-19-28(23-59(32)4)51-43(68)34-21-30(25-61(34)6)53-45(70)39-48-16-18-58(39)3/h16,18-27H,9-15,17H2,1-8H3,(H,47,64)(H,49,66)(H,50,67)(H,51,68)(H,52,69)(H,53,70)(H,54,71)(H,55,65). The van der Waals surface area contributed by atoms with E-state index >= 15 is 0 Å². The number of amides is 8. The number of hydrogen-bond acceptors (Lipinski definition) is 11. The van der Waals surface area contributed by atoms with Gasteiger partial charge in [-0.2, -0.15) is 0 Å². The average molecular weight is 978 g/mol. The molecule has 6 aromatic heterocycles. The van der Waals surface area contributed by atoms with Crippen molar-refractivity contribution in [2.24, 2.45) is 42.3 Å². The van der Waals surface area contributed by atoms with Gasteiger partial charge in [-0.25, -0.2) is 9.97 Å². The Hall–Kier alpha value is -8.74. The molecule has 0 bridgehead atoms. The lowest BCUT2D eigenvalue weighted by Gasteiger charge is -2.10. The monoisotopic (exact) mass is 977 g/mol. The Balaban J connectivity index is 0.916. The van der Waals surface area contributed by atoms with Gasteiger partial charge in [0.15, 0.2) is 11.6 Å². The van der Waals surface area contributed by atoms with Crippen LogP contribution in [0.4, 0.5) is 28.6 Å². The Morgan fingerprint density at radius 3 is 1.39 bits per heavy atom. The summed E-state index contributed by atoms with van der Waals surface area (Å²) in [6.07, 6.45) is 12.2. The van der Waals surface area contributed by atoms with Gasteiger partial charge >= 0.3 is 0 Å². The molecule has 8 amide bonds. The van der Waals surface area contributed by atoms with Crippen LogP contribution in [0.1, 0.15) is 88.9 Å². The third-order valence-electron chi connectivity index (χ3n) is 11.0. The average Bonchev–Trinajstić information content (AvgIpc) is 4.17. The van der Waals surface area contributed by atoms with E-state index in [1.54, 1.807) is 91.5 Å². The quantitative estimate of drug-likeness (QED) is 0.0455. The van der Waals surface area contributed by atoms with Crippen LogP contribution in [-0.2, 0) is 51.9 Å². The predicted molar refractivity (Wildman–Crippen MR) is 263 cm³/mol. The van der Waals surface area contributed by atoms with Crippen molar-refractivity contribution in [1.29, 1.82) is 0 Å². The van der Waals surface area contributed by atoms with E-state index < -0.39 is 41.4 Å². The predicted octanol–water partition coefficient (Wildman–Crippen LogP) is 1.85. The summed E-state index contributed by atoms with van der Waals surface area (Å²) in [4.78, 5) is 113. The zero-order chi connectivity index (χ0) is 51.5. The number of nitrogens with one attached hydrogen (secondary N) is 8. The number of anilines is 5. The van der Waals surface area contributed by atoms with Crippen LogP contribution >= 0.6 is 0 Å². The van der Waals surface area contributed by atoms with Gasteiger partial charge in [0.05, 0.1) is 22.7 Å². The van der Waals surface area contributed by atoms with Crippen LogP contribution in [0, 0.1) is 0 Å². The highest BCUT2D eigenvalue weighted by Crippen LogP contribution is 2.21. The molecule has 0 aliphatic heterocycles. The van der Waals surface area contributed by atoms with E-state index in [2.05, 4.69) is 52.5 Å². The number of imidazole rings is 2. The highest BCUT2D eigenvalue weighted by Gasteiger charge is 2.22. The molecule has 0 aromatic carbocycles. The number of nitrogens with zero attached hydrogens (tertiary/aromatic N) is 9. The van der Waals surface area contributed by atoms with Gasteiger partial charge in [0, 0.05) is 118 Å². The Kier molecular flexibility index (Phi) is 16.8. The van der Waals surface area contributed by atoms with Gasteiger partial charge in [-0.1, -0.05) is 0 Å². The molecule has 0 saturated carbocycles. The maximum absolute atomic E-state index is 13.3. The first kappa shape index (κ1) is 51.6. The first-order valence-corrected chi connectivity index (χ1v) is 22.5. The van der Waals surface area contributed by atoms with Gasteiger partial charge in [-0.15, -0.1) is 0 Å². The molecule has 25 heteroatoms. The molecule has 8 N–H and O–H groups in total. The van der Waals surface area contributed by atoms with Gasteiger partial charge in [-0.05, 0) is 57.7 Å². The van der Waals surface area contributed by atoms with Gasteiger partial charge in [-0.3, -0.25) is 38.4 Å². The third kappa shape index (κ3) is 13.7. The smallest absolute Gasteiger partial charge is 0.291 e. The van der Waals surface area contributed by atoms with Crippen molar-refractivity contribution < 1.29 is 38.4 Å². The van der Waals surface area contributed by atoms with E-state index in [9.17, 15) is 38.4 Å². The van der Waals surface area contributed by atoms with Gasteiger partial charge < -0.3 is 74.8 Å². The SMILES string of the molecule is CN(C)CCCNC(=O)CCNC(=O)c1cc(NC(=O)c2cc(NC(=O)c3nc(NC(=O)CCCNC(=O)c4cc(NC(=O)c5cc(NC(=O)c6nccn6C)cn5C)cn4C)cn3C)cn2C)cn1C. The van der Waals surface area contributed by atoms with Crippen molar-refractivity contribution in [1.82, 2.24) is 58.2 Å². The molecule has 6 aromatic rings. The van der Waals surface area contributed by atoms with Gasteiger partial charge in [0.1, 0.15) is 22.8 Å². The largest absolute Gasteiger partial charge is 0.356 e. The highest BCUT2D eigenvalue weighted by atomic mass is 16.2. The summed E-state index contributed by atoms with van der Waals surface area (Å²) in [6.45, 7) is 1.70. The van der Waals surface area contributed by atoms with Crippen molar-refractivity contribution in [2.45, 2.75) is 25.7 Å². The molecule has 6 rings (SSSR count). The van der Waals surface area contributed by atoms with E-state index in [0.29, 0.717) is 29.3 Å². The van der Waals surface area contributed by atoms with Crippen LogP contribution < -0.4 is 42.5 Å². The second-order valence-electron chi connectivity index (χ2n) is 17.1. The molecule has 0 spiro atoms. The molecule has 0 radical (unpaired) electrons. The molecule has 0 aliphatic carbocycles. The lowest BCUT2D eigenvalue weighted by Crippen LogP contribution is -2.32. The first-order chi connectivity index (χ1) is 33.8. The van der Waals surface area contributed by atoms with E-state index in [1.165, 1.54) is 45.8 Å². The number of hydrogen-bond donors (Lipinski definition) is 8. The van der Waals surface area contributed by atoms with Crippen molar-refractivity contribution in [3.05, 3.63) is 102 Å². The van der Waals surface area contributed by atoms with Crippen LogP contribution in [0.15, 0.2) is 67.6 Å². The minimum Gasteiger partial charge on any atom is -0.356 e. The first-order valence-electron chi connectivity index (χ1n) is 22.5. The molecule has 0 aliphatic rings. The topological polar surface area (TPSA) is 291 Å². The van der Waals surface area contributed by atoms with E-state index in [-0.39, 0.29) is 78.5 Å². The van der Waals surface area contributed by atoms with Crippen molar-refractivity contribution >= 4 is 75.8 Å². The summed E-state index contributed by atoms with van der Waals surface area (Å²) in [5.74, 6) is -3.07.